The molecule has 0 unspecified atom stereocenters. The Balaban J connectivity index is 4.67. The first-order valence-electron chi connectivity index (χ1n) is 6.51. The Labute approximate surface area is 96.6 Å². The largest absolute Gasteiger partial charge is 0.370 e. The van der Waals surface area contributed by atoms with Crippen LogP contribution in [0.1, 0.15) is 67.2 Å². The first kappa shape index (κ1) is 14.5. The predicted molar refractivity (Wildman–Crippen MR) is 70.0 cm³/mol. The zero-order valence-electron chi connectivity index (χ0n) is 11.5. The van der Waals surface area contributed by atoms with Gasteiger partial charge >= 0.3 is 0 Å². The summed E-state index contributed by atoms with van der Waals surface area (Å²) in [6.07, 6.45) is 7.36. The molecule has 0 aromatic heterocycles. The van der Waals surface area contributed by atoms with E-state index >= 15 is 0 Å². The van der Waals surface area contributed by atoms with Crippen LogP contribution in [0.4, 0.5) is 0 Å². The zero-order chi connectivity index (χ0) is 11.8. The molecule has 0 N–H and O–H groups in total. The van der Waals surface area contributed by atoms with Gasteiger partial charge in [0.25, 0.3) is 0 Å². The summed E-state index contributed by atoms with van der Waals surface area (Å²) in [5.41, 5.74) is 1.55. The highest BCUT2D eigenvalue weighted by Gasteiger charge is 2.15. The van der Waals surface area contributed by atoms with Crippen LogP contribution in [0.5, 0.6) is 0 Å². The minimum absolute atomic E-state index is 0.611. The van der Waals surface area contributed by atoms with Gasteiger partial charge in [0.15, 0.2) is 0 Å². The van der Waals surface area contributed by atoms with Gasteiger partial charge in [-0.3, -0.25) is 0 Å². The minimum atomic E-state index is 0.611. The van der Waals surface area contributed by atoms with Crippen molar-refractivity contribution in [2.24, 2.45) is 0 Å². The quantitative estimate of drug-likeness (QED) is 0.595. The average Bonchev–Trinajstić information content (AvgIpc) is 2.13. The summed E-state index contributed by atoms with van der Waals surface area (Å²) < 4.78 is 0. The van der Waals surface area contributed by atoms with Crippen molar-refractivity contribution >= 4 is 0 Å². The molecule has 0 aromatic rings. The molecule has 0 rings (SSSR count). The Morgan fingerprint density at radius 3 is 1.87 bits per heavy atom. The van der Waals surface area contributed by atoms with E-state index in [2.05, 4.69) is 52.5 Å². The molecule has 15 heavy (non-hydrogen) atoms. The maximum Gasteiger partial charge on any atom is 0.0233 e. The number of hydrogen-bond donors (Lipinski definition) is 0. The van der Waals surface area contributed by atoms with E-state index in [-0.39, 0.29) is 0 Å². The minimum Gasteiger partial charge on any atom is -0.370 e. The monoisotopic (exact) mass is 211 g/mol. The van der Waals surface area contributed by atoms with Crippen molar-refractivity contribution in [3.8, 4) is 0 Å². The van der Waals surface area contributed by atoms with Gasteiger partial charge in [-0.25, -0.2) is 0 Å². The van der Waals surface area contributed by atoms with Gasteiger partial charge in [-0.15, -0.1) is 0 Å². The molecule has 0 atom stereocenters. The summed E-state index contributed by atoms with van der Waals surface area (Å²) in [4.78, 5) is 2.55. The lowest BCUT2D eigenvalue weighted by molar-refractivity contribution is 0.222. The van der Waals surface area contributed by atoms with Gasteiger partial charge in [-0.1, -0.05) is 32.8 Å². The van der Waals surface area contributed by atoms with Crippen LogP contribution in [-0.4, -0.2) is 17.0 Å². The maximum absolute atomic E-state index is 2.55. The van der Waals surface area contributed by atoms with E-state index in [9.17, 15) is 0 Å². The Kier molecular flexibility index (Phi) is 7.54. The van der Waals surface area contributed by atoms with Gasteiger partial charge in [0, 0.05) is 17.8 Å². The van der Waals surface area contributed by atoms with Crippen molar-refractivity contribution in [3.05, 3.63) is 11.8 Å². The molecule has 0 aliphatic heterocycles. The number of rotatable bonds is 7. The first-order chi connectivity index (χ1) is 7.04. The Morgan fingerprint density at radius 2 is 1.53 bits per heavy atom. The van der Waals surface area contributed by atoms with Gasteiger partial charge < -0.3 is 4.90 Å². The van der Waals surface area contributed by atoms with E-state index in [1.54, 1.807) is 5.70 Å². The third-order valence-electron chi connectivity index (χ3n) is 2.62. The van der Waals surface area contributed by atoms with Crippen molar-refractivity contribution in [3.63, 3.8) is 0 Å². The number of allylic oxidation sites excluding steroid dienone is 2. The molecule has 0 spiro atoms. The fourth-order valence-corrected chi connectivity index (χ4v) is 2.16. The molecular weight excluding hydrogens is 182 g/mol. The molecule has 1 nitrogen and oxygen atoms in total. The smallest absolute Gasteiger partial charge is 0.0233 e. The zero-order valence-corrected chi connectivity index (χ0v) is 11.5. The highest BCUT2D eigenvalue weighted by molar-refractivity contribution is 5.03. The van der Waals surface area contributed by atoms with E-state index in [1.165, 1.54) is 25.7 Å². The van der Waals surface area contributed by atoms with Crippen LogP contribution in [0.2, 0.25) is 0 Å². The lowest BCUT2D eigenvalue weighted by atomic mass is 10.1. The lowest BCUT2D eigenvalue weighted by Gasteiger charge is -2.35. The maximum atomic E-state index is 2.55. The Hall–Kier alpha value is -0.460. The highest BCUT2D eigenvalue weighted by Crippen LogP contribution is 2.19. The van der Waals surface area contributed by atoms with Crippen LogP contribution in [0, 0.1) is 0 Å². The van der Waals surface area contributed by atoms with Crippen molar-refractivity contribution in [1.29, 1.82) is 0 Å². The molecular formula is C14H29N. The fraction of sp³-hybridized carbons (Fsp3) is 0.857. The van der Waals surface area contributed by atoms with Crippen molar-refractivity contribution in [2.75, 3.05) is 0 Å². The second kappa shape index (κ2) is 7.78. The Bertz CT molecular complexity index is 172. The summed E-state index contributed by atoms with van der Waals surface area (Å²) in [6, 6.07) is 1.22. The molecule has 0 heterocycles. The topological polar surface area (TPSA) is 3.24 Å². The van der Waals surface area contributed by atoms with Gasteiger partial charge in [-0.05, 0) is 40.5 Å². The van der Waals surface area contributed by atoms with Gasteiger partial charge in [-0.2, -0.15) is 0 Å². The van der Waals surface area contributed by atoms with Crippen LogP contribution in [0.25, 0.3) is 0 Å². The fourth-order valence-electron chi connectivity index (χ4n) is 2.16. The number of unbranched alkanes of at least 4 members (excludes halogenated alkanes) is 1. The Morgan fingerprint density at radius 1 is 1.00 bits per heavy atom. The summed E-state index contributed by atoms with van der Waals surface area (Å²) in [5, 5.41) is 0. The SMILES string of the molecule is CCCC=C(CCC)N(C(C)C)C(C)C. The second-order valence-corrected chi connectivity index (χ2v) is 4.83. The van der Waals surface area contributed by atoms with E-state index in [4.69, 9.17) is 0 Å². The summed E-state index contributed by atoms with van der Waals surface area (Å²) >= 11 is 0. The van der Waals surface area contributed by atoms with Crippen molar-refractivity contribution in [1.82, 2.24) is 4.90 Å². The van der Waals surface area contributed by atoms with Gasteiger partial charge in [0.2, 0.25) is 0 Å². The summed E-state index contributed by atoms with van der Waals surface area (Å²) in [7, 11) is 0. The van der Waals surface area contributed by atoms with Crippen LogP contribution < -0.4 is 0 Å². The molecule has 0 aliphatic carbocycles. The van der Waals surface area contributed by atoms with Crippen LogP contribution >= 0.6 is 0 Å². The number of nitrogens with zero attached hydrogens (tertiary/aromatic N) is 1. The van der Waals surface area contributed by atoms with Gasteiger partial charge in [0.1, 0.15) is 0 Å². The van der Waals surface area contributed by atoms with Crippen molar-refractivity contribution < 1.29 is 0 Å². The van der Waals surface area contributed by atoms with E-state index in [0.29, 0.717) is 12.1 Å². The van der Waals surface area contributed by atoms with Crippen LogP contribution in [0.3, 0.4) is 0 Å². The first-order valence-corrected chi connectivity index (χ1v) is 6.51. The standard InChI is InChI=1S/C14H29N/c1-7-9-11-14(10-8-2)15(12(3)4)13(5)6/h11-13H,7-10H2,1-6H3. The summed E-state index contributed by atoms with van der Waals surface area (Å²) in [6.45, 7) is 13.7. The molecule has 0 saturated carbocycles. The second-order valence-electron chi connectivity index (χ2n) is 4.83. The third-order valence-corrected chi connectivity index (χ3v) is 2.62. The molecule has 0 aromatic carbocycles. The molecule has 0 amide bonds. The molecule has 0 fully saturated rings. The predicted octanol–water partition coefficient (Wildman–Crippen LogP) is 4.59. The highest BCUT2D eigenvalue weighted by atomic mass is 15.2. The lowest BCUT2D eigenvalue weighted by Crippen LogP contribution is -2.36. The molecule has 0 bridgehead atoms. The van der Waals surface area contributed by atoms with E-state index < -0.39 is 0 Å². The molecule has 0 saturated heterocycles. The average molecular weight is 211 g/mol. The molecule has 0 radical (unpaired) electrons. The molecule has 0 aliphatic rings. The normalized spacial score (nSPS) is 12.7. The van der Waals surface area contributed by atoms with Crippen molar-refractivity contribution in [2.45, 2.75) is 79.3 Å². The number of hydrogen-bond acceptors (Lipinski definition) is 1. The van der Waals surface area contributed by atoms with Crippen LogP contribution in [-0.2, 0) is 0 Å². The van der Waals surface area contributed by atoms with Gasteiger partial charge in [0.05, 0.1) is 0 Å². The van der Waals surface area contributed by atoms with E-state index in [0.717, 1.165) is 0 Å². The summed E-state index contributed by atoms with van der Waals surface area (Å²) in [5.74, 6) is 0. The third kappa shape index (κ3) is 5.25. The molecule has 90 valence electrons. The van der Waals surface area contributed by atoms with Crippen LogP contribution in [0.15, 0.2) is 11.8 Å². The molecule has 1 heteroatoms. The van der Waals surface area contributed by atoms with E-state index in [1.807, 2.05) is 0 Å².